The Labute approximate surface area is 170 Å². The van der Waals surface area contributed by atoms with Gasteiger partial charge in [0.15, 0.2) is 5.11 Å². The lowest BCUT2D eigenvalue weighted by Gasteiger charge is -2.13. The Morgan fingerprint density at radius 2 is 1.68 bits per heavy atom. The van der Waals surface area contributed by atoms with Gasteiger partial charge in [0.2, 0.25) is 5.91 Å². The Morgan fingerprint density at radius 3 is 2.39 bits per heavy atom. The minimum absolute atomic E-state index is 0.0576. The molecule has 1 aliphatic carbocycles. The van der Waals surface area contributed by atoms with E-state index >= 15 is 0 Å². The Morgan fingerprint density at radius 1 is 1.00 bits per heavy atom. The van der Waals surface area contributed by atoms with Crippen molar-refractivity contribution >= 4 is 40.5 Å². The monoisotopic (exact) mass is 395 g/mol. The molecule has 6 heteroatoms. The Balaban J connectivity index is 1.55. The van der Waals surface area contributed by atoms with E-state index in [2.05, 4.69) is 16.0 Å². The van der Waals surface area contributed by atoms with Crippen LogP contribution in [-0.4, -0.2) is 16.9 Å². The molecule has 0 heterocycles. The minimum Gasteiger partial charge on any atom is -0.332 e. The highest BCUT2D eigenvalue weighted by molar-refractivity contribution is 7.80. The van der Waals surface area contributed by atoms with Gasteiger partial charge in [0, 0.05) is 23.4 Å². The predicted octanol–water partition coefficient (Wildman–Crippen LogP) is 4.64. The SMILES string of the molecule is Cc1cccc(NC(=O)c2cccc(NC(=S)NC(=O)CC3CCCC3)c2)c1. The summed E-state index contributed by atoms with van der Waals surface area (Å²) in [6.07, 6.45) is 5.16. The third-order valence-electron chi connectivity index (χ3n) is 4.86. The van der Waals surface area contributed by atoms with Gasteiger partial charge >= 0.3 is 0 Å². The normalized spacial score (nSPS) is 13.8. The number of hydrogen-bond acceptors (Lipinski definition) is 3. The largest absolute Gasteiger partial charge is 0.332 e. The van der Waals surface area contributed by atoms with E-state index in [-0.39, 0.29) is 16.9 Å². The third kappa shape index (κ3) is 5.89. The van der Waals surface area contributed by atoms with E-state index in [9.17, 15) is 9.59 Å². The number of hydrogen-bond donors (Lipinski definition) is 3. The summed E-state index contributed by atoms with van der Waals surface area (Å²) in [6, 6.07) is 14.7. The van der Waals surface area contributed by atoms with Crippen LogP contribution in [0.3, 0.4) is 0 Å². The van der Waals surface area contributed by atoms with Crippen molar-refractivity contribution in [1.29, 1.82) is 0 Å². The van der Waals surface area contributed by atoms with E-state index in [1.165, 1.54) is 12.8 Å². The molecule has 0 unspecified atom stereocenters. The van der Waals surface area contributed by atoms with Crippen LogP contribution in [0.25, 0.3) is 0 Å². The first kappa shape index (κ1) is 20.0. The molecule has 0 saturated heterocycles. The fraction of sp³-hybridized carbons (Fsp3) is 0.318. The lowest BCUT2D eigenvalue weighted by molar-refractivity contribution is -0.120. The fourth-order valence-electron chi connectivity index (χ4n) is 3.48. The van der Waals surface area contributed by atoms with Crippen molar-refractivity contribution in [3.05, 3.63) is 59.7 Å². The van der Waals surface area contributed by atoms with Crippen LogP contribution in [0.2, 0.25) is 0 Å². The number of carbonyl (C=O) groups excluding carboxylic acids is 2. The average molecular weight is 396 g/mol. The molecule has 5 nitrogen and oxygen atoms in total. The molecule has 0 radical (unpaired) electrons. The number of aryl methyl sites for hydroxylation is 1. The molecule has 0 bridgehead atoms. The zero-order chi connectivity index (χ0) is 19.9. The van der Waals surface area contributed by atoms with Gasteiger partial charge in [-0.15, -0.1) is 0 Å². The van der Waals surface area contributed by atoms with Gasteiger partial charge in [-0.2, -0.15) is 0 Å². The number of rotatable bonds is 5. The summed E-state index contributed by atoms with van der Waals surface area (Å²) in [5.41, 5.74) is 2.99. The molecule has 3 rings (SSSR count). The molecule has 2 aromatic rings. The number of amides is 2. The van der Waals surface area contributed by atoms with Gasteiger partial charge < -0.3 is 16.0 Å². The van der Waals surface area contributed by atoms with E-state index in [4.69, 9.17) is 12.2 Å². The van der Waals surface area contributed by atoms with Crippen molar-refractivity contribution in [2.24, 2.45) is 5.92 Å². The van der Waals surface area contributed by atoms with E-state index in [0.29, 0.717) is 23.6 Å². The quantitative estimate of drug-likeness (QED) is 0.645. The Kier molecular flexibility index (Phi) is 6.76. The van der Waals surface area contributed by atoms with Crippen LogP contribution in [0.4, 0.5) is 11.4 Å². The zero-order valence-corrected chi connectivity index (χ0v) is 16.8. The van der Waals surface area contributed by atoms with Gasteiger partial charge in [-0.25, -0.2) is 0 Å². The van der Waals surface area contributed by atoms with Crippen LogP contribution in [0.5, 0.6) is 0 Å². The second kappa shape index (κ2) is 9.46. The minimum atomic E-state index is -0.203. The van der Waals surface area contributed by atoms with Crippen LogP contribution in [0.15, 0.2) is 48.5 Å². The molecule has 0 spiro atoms. The summed E-state index contributed by atoms with van der Waals surface area (Å²) >= 11 is 5.24. The smallest absolute Gasteiger partial charge is 0.255 e. The highest BCUT2D eigenvalue weighted by atomic mass is 32.1. The van der Waals surface area contributed by atoms with Crippen molar-refractivity contribution < 1.29 is 9.59 Å². The topological polar surface area (TPSA) is 70.2 Å². The lowest BCUT2D eigenvalue weighted by Crippen LogP contribution is -2.34. The second-order valence-electron chi connectivity index (χ2n) is 7.26. The molecule has 146 valence electrons. The molecule has 2 amide bonds. The molecule has 0 aliphatic heterocycles. The molecule has 0 aromatic heterocycles. The van der Waals surface area contributed by atoms with Gasteiger partial charge in [0.25, 0.3) is 5.91 Å². The highest BCUT2D eigenvalue weighted by Gasteiger charge is 2.19. The summed E-state index contributed by atoms with van der Waals surface area (Å²) < 4.78 is 0. The maximum absolute atomic E-state index is 12.5. The number of nitrogens with one attached hydrogen (secondary N) is 3. The Hall–Kier alpha value is -2.73. The van der Waals surface area contributed by atoms with Crippen molar-refractivity contribution in [3.63, 3.8) is 0 Å². The maximum Gasteiger partial charge on any atom is 0.255 e. The first-order chi connectivity index (χ1) is 13.5. The molecule has 28 heavy (non-hydrogen) atoms. The number of anilines is 2. The van der Waals surface area contributed by atoms with Crippen LogP contribution >= 0.6 is 12.2 Å². The molecule has 1 saturated carbocycles. The lowest BCUT2D eigenvalue weighted by atomic mass is 10.0. The van der Waals surface area contributed by atoms with Gasteiger partial charge in [0.1, 0.15) is 0 Å². The Bertz CT molecular complexity index is 876. The first-order valence-electron chi connectivity index (χ1n) is 9.58. The molecule has 1 fully saturated rings. The number of benzene rings is 2. The standard InChI is InChI=1S/C22H25N3O2S/c1-15-6-4-10-18(12-15)23-21(27)17-9-5-11-19(14-17)24-22(28)25-20(26)13-16-7-2-3-8-16/h4-6,9-12,14,16H,2-3,7-8,13H2,1H3,(H,23,27)(H2,24,25,26,28). The first-order valence-corrected chi connectivity index (χ1v) is 9.99. The van der Waals surface area contributed by atoms with Gasteiger partial charge in [0.05, 0.1) is 0 Å². The van der Waals surface area contributed by atoms with Gasteiger partial charge in [-0.3, -0.25) is 9.59 Å². The van der Waals surface area contributed by atoms with Gasteiger partial charge in [-0.05, 0) is 73.8 Å². The highest BCUT2D eigenvalue weighted by Crippen LogP contribution is 2.27. The van der Waals surface area contributed by atoms with Crippen LogP contribution < -0.4 is 16.0 Å². The van der Waals surface area contributed by atoms with Crippen molar-refractivity contribution in [2.75, 3.05) is 10.6 Å². The fourth-order valence-corrected chi connectivity index (χ4v) is 3.71. The van der Waals surface area contributed by atoms with Crippen molar-refractivity contribution in [2.45, 2.75) is 39.0 Å². The van der Waals surface area contributed by atoms with Crippen LogP contribution in [0, 0.1) is 12.8 Å². The molecule has 0 atom stereocenters. The molecule has 3 N–H and O–H groups in total. The van der Waals surface area contributed by atoms with E-state index in [0.717, 1.165) is 24.1 Å². The second-order valence-corrected chi connectivity index (χ2v) is 7.67. The zero-order valence-electron chi connectivity index (χ0n) is 16.0. The van der Waals surface area contributed by atoms with E-state index < -0.39 is 0 Å². The summed E-state index contributed by atoms with van der Waals surface area (Å²) in [6.45, 7) is 1.97. The van der Waals surface area contributed by atoms with Crippen molar-refractivity contribution in [1.82, 2.24) is 5.32 Å². The van der Waals surface area contributed by atoms with Crippen molar-refractivity contribution in [3.8, 4) is 0 Å². The summed E-state index contributed by atoms with van der Waals surface area (Å²) in [4.78, 5) is 24.6. The number of thiocarbonyl (C=S) groups is 1. The van der Waals surface area contributed by atoms with Gasteiger partial charge in [-0.1, -0.05) is 31.0 Å². The van der Waals surface area contributed by atoms with Crippen LogP contribution in [-0.2, 0) is 4.79 Å². The number of carbonyl (C=O) groups is 2. The van der Waals surface area contributed by atoms with E-state index in [1.807, 2.05) is 31.2 Å². The molecular weight excluding hydrogens is 370 g/mol. The van der Waals surface area contributed by atoms with E-state index in [1.54, 1.807) is 24.3 Å². The molecular formula is C22H25N3O2S. The third-order valence-corrected chi connectivity index (χ3v) is 5.06. The molecule has 2 aromatic carbocycles. The average Bonchev–Trinajstić information content (AvgIpc) is 3.14. The van der Waals surface area contributed by atoms with Crippen LogP contribution in [0.1, 0.15) is 48.0 Å². The summed E-state index contributed by atoms with van der Waals surface area (Å²) in [7, 11) is 0. The predicted molar refractivity (Wildman–Crippen MR) is 117 cm³/mol. The summed E-state index contributed by atoms with van der Waals surface area (Å²) in [5.74, 6) is 0.208. The molecule has 1 aliphatic rings. The summed E-state index contributed by atoms with van der Waals surface area (Å²) in [5, 5.41) is 8.85. The maximum atomic E-state index is 12.5.